The first-order valence-corrected chi connectivity index (χ1v) is 15.3. The molecule has 1 aliphatic rings. The van der Waals surface area contributed by atoms with Gasteiger partial charge in [-0.1, -0.05) is 87.7 Å². The number of hydrogen-bond donors (Lipinski definition) is 3. The van der Waals surface area contributed by atoms with Crippen LogP contribution in [0, 0.1) is 0 Å². The third-order valence-electron chi connectivity index (χ3n) is 7.02. The number of aliphatic hydroxyl groups is 1. The minimum absolute atomic E-state index is 0.0628. The van der Waals surface area contributed by atoms with E-state index in [-0.39, 0.29) is 25.5 Å². The maximum absolute atomic E-state index is 14.3. The predicted molar refractivity (Wildman–Crippen MR) is 172 cm³/mol. The molecule has 1 amide bonds. The number of carbonyl (C=O) groups excluding carboxylic acids is 1. The SMILES string of the molecule is O=C(NNCc1ccc(Cl)cc1Cl)[C@@]1(Cc2ccccc2)N=C(c2ccc(OCCCO)cc2)O[C@H]1c1ccc(Br)cc1. The number of ether oxygens (including phenoxy) is 2. The van der Waals surface area contributed by atoms with Crippen LogP contribution in [-0.4, -0.2) is 35.7 Å². The second kappa shape index (κ2) is 14.4. The Morgan fingerprint density at radius 1 is 1.00 bits per heavy atom. The van der Waals surface area contributed by atoms with Crippen molar-refractivity contribution < 1.29 is 19.4 Å². The zero-order valence-corrected chi connectivity index (χ0v) is 26.2. The van der Waals surface area contributed by atoms with Gasteiger partial charge in [-0.05, 0) is 65.2 Å². The van der Waals surface area contributed by atoms with Crippen molar-refractivity contribution in [2.24, 2.45) is 4.99 Å². The van der Waals surface area contributed by atoms with Gasteiger partial charge in [0.05, 0.1) is 6.61 Å². The van der Waals surface area contributed by atoms with E-state index in [0.717, 1.165) is 21.2 Å². The number of benzene rings is 4. The number of rotatable bonds is 12. The molecule has 43 heavy (non-hydrogen) atoms. The van der Waals surface area contributed by atoms with Crippen molar-refractivity contribution >= 4 is 50.9 Å². The summed E-state index contributed by atoms with van der Waals surface area (Å²) in [6, 6.07) is 30.0. The van der Waals surface area contributed by atoms with Gasteiger partial charge < -0.3 is 14.6 Å². The largest absolute Gasteiger partial charge is 0.494 e. The molecule has 0 unspecified atom stereocenters. The smallest absolute Gasteiger partial charge is 0.266 e. The number of amides is 1. The summed E-state index contributed by atoms with van der Waals surface area (Å²) in [6.07, 6.45) is 0.106. The second-order valence-electron chi connectivity index (χ2n) is 10.0. The molecular weight excluding hydrogens is 653 g/mol. The highest BCUT2D eigenvalue weighted by Crippen LogP contribution is 2.42. The third-order valence-corrected chi connectivity index (χ3v) is 8.13. The van der Waals surface area contributed by atoms with Crippen LogP contribution in [-0.2, 0) is 22.5 Å². The summed E-state index contributed by atoms with van der Waals surface area (Å²) >= 11 is 15.9. The van der Waals surface area contributed by atoms with Crippen LogP contribution in [0.5, 0.6) is 5.75 Å². The van der Waals surface area contributed by atoms with Gasteiger partial charge in [-0.3, -0.25) is 10.2 Å². The number of nitrogens with one attached hydrogen (secondary N) is 2. The van der Waals surface area contributed by atoms with Crippen LogP contribution < -0.4 is 15.6 Å². The van der Waals surface area contributed by atoms with Gasteiger partial charge in [0.15, 0.2) is 11.6 Å². The molecule has 0 saturated heterocycles. The molecule has 0 aromatic heterocycles. The molecule has 0 saturated carbocycles. The maximum Gasteiger partial charge on any atom is 0.266 e. The molecule has 10 heteroatoms. The summed E-state index contributed by atoms with van der Waals surface area (Å²) in [5.41, 5.74) is 7.78. The first kappa shape index (κ1) is 31.0. The van der Waals surface area contributed by atoms with Crippen LogP contribution in [0.15, 0.2) is 107 Å². The van der Waals surface area contributed by atoms with Gasteiger partial charge >= 0.3 is 0 Å². The first-order valence-electron chi connectivity index (χ1n) is 13.8. The molecule has 0 bridgehead atoms. The van der Waals surface area contributed by atoms with E-state index in [2.05, 4.69) is 26.8 Å². The number of aliphatic imine (C=N–C) groups is 1. The topological polar surface area (TPSA) is 92.2 Å². The summed E-state index contributed by atoms with van der Waals surface area (Å²) in [5.74, 6) is 0.661. The molecule has 5 rings (SSSR count). The minimum atomic E-state index is -1.35. The number of hydrogen-bond acceptors (Lipinski definition) is 6. The number of hydrazine groups is 1. The van der Waals surface area contributed by atoms with E-state index in [1.165, 1.54) is 0 Å². The van der Waals surface area contributed by atoms with Gasteiger partial charge in [-0.25, -0.2) is 10.4 Å². The minimum Gasteiger partial charge on any atom is -0.494 e. The fourth-order valence-electron chi connectivity index (χ4n) is 4.82. The fourth-order valence-corrected chi connectivity index (χ4v) is 5.56. The lowest BCUT2D eigenvalue weighted by Gasteiger charge is -2.31. The summed E-state index contributed by atoms with van der Waals surface area (Å²) in [5, 5.41) is 10.1. The average molecular weight is 683 g/mol. The summed E-state index contributed by atoms with van der Waals surface area (Å²) in [6.45, 7) is 0.752. The molecule has 3 N–H and O–H groups in total. The number of nitrogens with zero attached hydrogens (tertiary/aromatic N) is 1. The van der Waals surface area contributed by atoms with Crippen LogP contribution in [0.3, 0.4) is 0 Å². The van der Waals surface area contributed by atoms with E-state index in [4.69, 9.17) is 42.8 Å². The van der Waals surface area contributed by atoms with E-state index >= 15 is 0 Å². The molecule has 0 fully saturated rings. The Bertz CT molecular complexity index is 1570. The molecule has 4 aromatic carbocycles. The predicted octanol–water partition coefficient (Wildman–Crippen LogP) is 6.84. The molecule has 0 spiro atoms. The van der Waals surface area contributed by atoms with E-state index < -0.39 is 11.6 Å². The van der Waals surface area contributed by atoms with Crippen LogP contribution in [0.2, 0.25) is 10.0 Å². The Labute approximate surface area is 269 Å². The first-order chi connectivity index (χ1) is 20.9. The van der Waals surface area contributed by atoms with E-state index in [9.17, 15) is 4.79 Å². The van der Waals surface area contributed by atoms with Crippen molar-refractivity contribution in [1.29, 1.82) is 0 Å². The van der Waals surface area contributed by atoms with Crippen molar-refractivity contribution in [2.45, 2.75) is 31.0 Å². The maximum atomic E-state index is 14.3. The van der Waals surface area contributed by atoms with Gasteiger partial charge in [-0.15, -0.1) is 0 Å². The van der Waals surface area contributed by atoms with Crippen LogP contribution in [0.25, 0.3) is 0 Å². The van der Waals surface area contributed by atoms with Crippen molar-refractivity contribution in [3.8, 4) is 5.75 Å². The van der Waals surface area contributed by atoms with Crippen LogP contribution in [0.4, 0.5) is 0 Å². The molecule has 1 aliphatic heterocycles. The van der Waals surface area contributed by atoms with Crippen molar-refractivity contribution in [2.75, 3.05) is 13.2 Å². The van der Waals surface area contributed by atoms with E-state index in [1.807, 2.05) is 78.9 Å². The number of halogens is 3. The molecular formula is C33H30BrCl2N3O4. The molecule has 4 aromatic rings. The third kappa shape index (κ3) is 7.58. The quantitative estimate of drug-likeness (QED) is 0.112. The van der Waals surface area contributed by atoms with Crippen LogP contribution >= 0.6 is 39.1 Å². The molecule has 222 valence electrons. The monoisotopic (exact) mass is 681 g/mol. The van der Waals surface area contributed by atoms with Gasteiger partial charge in [0, 0.05) is 46.1 Å². The Morgan fingerprint density at radius 3 is 2.44 bits per heavy atom. The highest BCUT2D eigenvalue weighted by molar-refractivity contribution is 9.10. The number of carbonyl (C=O) groups is 1. The molecule has 2 atom stereocenters. The Morgan fingerprint density at radius 2 is 1.74 bits per heavy atom. The van der Waals surface area contributed by atoms with E-state index in [1.54, 1.807) is 18.2 Å². The normalized spacial score (nSPS) is 17.7. The van der Waals surface area contributed by atoms with Crippen molar-refractivity contribution in [1.82, 2.24) is 10.9 Å². The van der Waals surface area contributed by atoms with Gasteiger partial charge in [0.1, 0.15) is 5.75 Å². The fraction of sp³-hybridized carbons (Fsp3) is 0.212. The standard InChI is InChI=1S/C33H30BrCl2N3O4/c34-26-12-7-23(8-13-26)30-33(20-22-5-2-1-3-6-22,32(41)39-37-21-25-9-14-27(35)19-29(25)36)38-31(43-30)24-10-15-28(16-11-24)42-18-4-17-40/h1-3,5-16,19,30,37,40H,4,17-18,20-21H2,(H,39,41)/t30-,33-/m0/s1. The summed E-state index contributed by atoms with van der Waals surface area (Å²) in [7, 11) is 0. The lowest BCUT2D eigenvalue weighted by molar-refractivity contribution is -0.130. The van der Waals surface area contributed by atoms with Crippen LogP contribution in [0.1, 0.15) is 34.8 Å². The molecule has 7 nitrogen and oxygen atoms in total. The Balaban J connectivity index is 1.49. The second-order valence-corrected chi connectivity index (χ2v) is 11.8. The summed E-state index contributed by atoms with van der Waals surface area (Å²) in [4.78, 5) is 19.3. The van der Waals surface area contributed by atoms with Gasteiger partial charge in [-0.2, -0.15) is 0 Å². The van der Waals surface area contributed by atoms with E-state index in [0.29, 0.717) is 40.3 Å². The molecule has 0 aliphatic carbocycles. The Kier molecular flexibility index (Phi) is 10.4. The molecule has 1 heterocycles. The highest BCUT2D eigenvalue weighted by atomic mass is 79.9. The molecule has 0 radical (unpaired) electrons. The zero-order valence-electron chi connectivity index (χ0n) is 23.1. The van der Waals surface area contributed by atoms with Crippen molar-refractivity contribution in [3.63, 3.8) is 0 Å². The average Bonchev–Trinajstić information content (AvgIpc) is 3.40. The lowest BCUT2D eigenvalue weighted by atomic mass is 9.82. The van der Waals surface area contributed by atoms with Crippen molar-refractivity contribution in [3.05, 3.63) is 134 Å². The zero-order chi connectivity index (χ0) is 30.2. The lowest BCUT2D eigenvalue weighted by Crippen LogP contribution is -2.53. The number of aliphatic hydroxyl groups excluding tert-OH is 1. The van der Waals surface area contributed by atoms with Gasteiger partial charge in [0.2, 0.25) is 5.90 Å². The highest BCUT2D eigenvalue weighted by Gasteiger charge is 2.53. The Hall–Kier alpha value is -3.40. The van der Waals surface area contributed by atoms with Gasteiger partial charge in [0.25, 0.3) is 5.91 Å². The summed E-state index contributed by atoms with van der Waals surface area (Å²) < 4.78 is 13.1.